The fourth-order valence-electron chi connectivity index (χ4n) is 8.30. The lowest BCUT2D eigenvalue weighted by Crippen LogP contribution is -2.56. The largest absolute Gasteiger partial charge is 0.493 e. The first-order chi connectivity index (χ1) is 28.0. The third kappa shape index (κ3) is 8.14. The maximum atomic E-state index is 14.2. The zero-order valence-electron chi connectivity index (χ0n) is 33.2. The first-order valence-corrected chi connectivity index (χ1v) is 20.0. The number of rotatable bonds is 11. The molecule has 0 saturated heterocycles. The number of hydrogen-bond donors (Lipinski definition) is 2. The van der Waals surface area contributed by atoms with E-state index in [1.807, 2.05) is 80.6 Å². The Balaban J connectivity index is 1.01. The van der Waals surface area contributed by atoms with Crippen LogP contribution in [0.25, 0.3) is 11.1 Å². The van der Waals surface area contributed by atoms with Crippen LogP contribution >= 0.6 is 0 Å². The van der Waals surface area contributed by atoms with Crippen molar-refractivity contribution in [2.75, 3.05) is 13.2 Å². The van der Waals surface area contributed by atoms with Crippen molar-refractivity contribution >= 4 is 17.8 Å². The van der Waals surface area contributed by atoms with Crippen LogP contribution in [0, 0.1) is 33.6 Å². The number of carboxylic acids is 1. The Labute approximate surface area is 337 Å². The number of fused-ring (bicyclic) bond motifs is 2. The van der Waals surface area contributed by atoms with E-state index in [2.05, 4.69) is 15.3 Å². The molecule has 58 heavy (non-hydrogen) atoms. The molecule has 0 spiro atoms. The van der Waals surface area contributed by atoms with Gasteiger partial charge in [0.15, 0.2) is 29.2 Å². The smallest absolute Gasteiger partial charge is 0.326 e. The number of benzene rings is 3. The molecule has 2 N–H and O–H groups in total. The minimum absolute atomic E-state index is 0.0456. The molecule has 2 aliphatic heterocycles. The molecule has 3 aromatic carbocycles. The van der Waals surface area contributed by atoms with Crippen LogP contribution < -0.4 is 19.5 Å². The van der Waals surface area contributed by atoms with E-state index < -0.39 is 29.9 Å². The Morgan fingerprint density at radius 3 is 2.48 bits per heavy atom. The summed E-state index contributed by atoms with van der Waals surface area (Å²) in [5, 5.41) is 13.0. The molecular weight excluding hydrogens is 737 g/mol. The summed E-state index contributed by atoms with van der Waals surface area (Å²) >= 11 is 0. The molecule has 1 saturated carbocycles. The van der Waals surface area contributed by atoms with Gasteiger partial charge in [0.05, 0.1) is 6.61 Å². The number of aryl methyl sites for hydroxylation is 3. The van der Waals surface area contributed by atoms with Crippen molar-refractivity contribution in [1.29, 1.82) is 0 Å². The Bertz CT molecular complexity index is 2350. The molecule has 12 nitrogen and oxygen atoms in total. The summed E-state index contributed by atoms with van der Waals surface area (Å²) in [6, 6.07) is 18.9. The number of aromatic nitrogens is 2. The van der Waals surface area contributed by atoms with E-state index >= 15 is 0 Å². The molecule has 12 heteroatoms. The third-order valence-electron chi connectivity index (χ3n) is 11.7. The van der Waals surface area contributed by atoms with Crippen LogP contribution in [0.1, 0.15) is 87.4 Å². The van der Waals surface area contributed by atoms with Crippen LogP contribution in [-0.2, 0) is 29.0 Å². The Hall–Kier alpha value is -6.17. The van der Waals surface area contributed by atoms with Crippen LogP contribution in [0.3, 0.4) is 0 Å². The number of aliphatic carboxylic acids is 1. The number of hydrogen-bond acceptors (Lipinski definition) is 9. The van der Waals surface area contributed by atoms with Gasteiger partial charge < -0.3 is 34.0 Å². The van der Waals surface area contributed by atoms with Gasteiger partial charge in [0.25, 0.3) is 5.91 Å². The van der Waals surface area contributed by atoms with Gasteiger partial charge in [-0.3, -0.25) is 14.6 Å². The Kier molecular flexibility index (Phi) is 10.9. The number of nitrogens with zero attached hydrogens (tertiary/aromatic N) is 3. The number of pyridine rings is 1. The number of carbonyl (C=O) groups is 3. The summed E-state index contributed by atoms with van der Waals surface area (Å²) in [5.41, 5.74) is 7.38. The molecule has 4 heterocycles. The third-order valence-corrected chi connectivity index (χ3v) is 11.7. The minimum atomic E-state index is -1.25. The van der Waals surface area contributed by atoms with Crippen LogP contribution in [0.15, 0.2) is 77.3 Å². The number of ether oxygens (including phenoxy) is 3. The fraction of sp³-hybridized carbons (Fsp3) is 0.370. The van der Waals surface area contributed by atoms with Gasteiger partial charge in [-0.2, -0.15) is 0 Å². The lowest BCUT2D eigenvalue weighted by Gasteiger charge is -2.37. The van der Waals surface area contributed by atoms with E-state index in [4.69, 9.17) is 18.6 Å². The van der Waals surface area contributed by atoms with Crippen molar-refractivity contribution in [2.24, 2.45) is 5.92 Å². The van der Waals surface area contributed by atoms with Crippen LogP contribution in [0.4, 0.5) is 0 Å². The normalized spacial score (nSPS) is 18.0. The number of nitrogens with one attached hydrogen (secondary N) is 1. The highest BCUT2D eigenvalue weighted by atomic mass is 16.6. The van der Waals surface area contributed by atoms with Gasteiger partial charge >= 0.3 is 5.97 Å². The maximum absolute atomic E-state index is 14.2. The van der Waals surface area contributed by atoms with Gasteiger partial charge in [-0.25, -0.2) is 9.78 Å². The maximum Gasteiger partial charge on any atom is 0.326 e. The molecule has 8 rings (SSSR count). The highest BCUT2D eigenvalue weighted by molar-refractivity contribution is 5.98. The van der Waals surface area contributed by atoms with Crippen molar-refractivity contribution in [3.05, 3.63) is 124 Å². The minimum Gasteiger partial charge on any atom is -0.493 e. The van der Waals surface area contributed by atoms with E-state index in [0.717, 1.165) is 50.4 Å². The number of oxazole rings is 1. The second-order valence-electron chi connectivity index (χ2n) is 15.7. The highest BCUT2D eigenvalue weighted by Gasteiger charge is 2.39. The van der Waals surface area contributed by atoms with E-state index in [-0.39, 0.29) is 37.8 Å². The topological polar surface area (TPSA) is 153 Å². The van der Waals surface area contributed by atoms with E-state index in [1.165, 1.54) is 30.6 Å². The zero-order chi connectivity index (χ0) is 40.5. The lowest BCUT2D eigenvalue weighted by atomic mass is 9.91. The van der Waals surface area contributed by atoms with Gasteiger partial charge in [-0.05, 0) is 109 Å². The van der Waals surface area contributed by atoms with Gasteiger partial charge in [-0.1, -0.05) is 49.2 Å². The second kappa shape index (κ2) is 16.4. The summed E-state index contributed by atoms with van der Waals surface area (Å²) in [5.74, 6) is 0.849. The average Bonchev–Trinajstić information content (AvgIpc) is 3.88. The molecular formula is C46H48N4O8. The van der Waals surface area contributed by atoms with Gasteiger partial charge in [0.1, 0.15) is 30.2 Å². The van der Waals surface area contributed by atoms with Crippen molar-refractivity contribution in [3.63, 3.8) is 0 Å². The summed E-state index contributed by atoms with van der Waals surface area (Å²) < 4.78 is 24.5. The van der Waals surface area contributed by atoms with Crippen molar-refractivity contribution in [3.8, 4) is 28.4 Å². The van der Waals surface area contributed by atoms with Gasteiger partial charge in [-0.15, -0.1) is 0 Å². The first-order valence-electron chi connectivity index (χ1n) is 20.0. The average molecular weight is 785 g/mol. The van der Waals surface area contributed by atoms with Crippen molar-refractivity contribution in [2.45, 2.75) is 91.0 Å². The van der Waals surface area contributed by atoms with Crippen molar-refractivity contribution < 1.29 is 38.1 Å². The Morgan fingerprint density at radius 1 is 0.966 bits per heavy atom. The summed E-state index contributed by atoms with van der Waals surface area (Å²) in [6.45, 7) is 8.32. The van der Waals surface area contributed by atoms with Gasteiger partial charge in [0, 0.05) is 38.2 Å². The van der Waals surface area contributed by atoms with Crippen LogP contribution in [0.5, 0.6) is 17.2 Å². The van der Waals surface area contributed by atoms with Crippen LogP contribution in [-0.4, -0.2) is 63.1 Å². The monoisotopic (exact) mass is 784 g/mol. The second-order valence-corrected chi connectivity index (χ2v) is 15.7. The van der Waals surface area contributed by atoms with Gasteiger partial charge in [0.2, 0.25) is 5.91 Å². The standard InChI is InChI=1S/C46H48N4O8/c1-26-27(2)47-17-16-37(26)32-14-12-30(13-15-32)18-38(46(53)54)49-44(51)39-20-34-21-40-41(22-35(34)23-50(39)45(52)43-28(3)57-29(4)48-43)58-42(25-56-40)33-10-7-11-36(19-33)55-24-31-8-5-6-9-31/h7,10-17,19,21-22,31,38-39,42H,5-6,8-9,18,20,23-25H2,1-4H3,(H,49,51)(H,53,54)/t38-,39-,42+/m0/s1. The first kappa shape index (κ1) is 38.7. The molecule has 5 aromatic rings. The lowest BCUT2D eigenvalue weighted by molar-refractivity contribution is -0.142. The summed E-state index contributed by atoms with van der Waals surface area (Å²) in [4.78, 5) is 51.1. The molecule has 300 valence electrons. The SMILES string of the molecule is Cc1nc(C(=O)N2Cc3cc4c(cc3C[C@H]2C(=O)N[C@@H](Cc2ccc(-c3ccnc(C)c3C)cc2)C(=O)O)OC[C@H](c2cccc(OCC3CCCC3)c2)O4)c(C)o1. The molecule has 2 aromatic heterocycles. The predicted octanol–water partition coefficient (Wildman–Crippen LogP) is 7.43. The number of carbonyl (C=O) groups excluding carboxylic acids is 2. The molecule has 0 radical (unpaired) electrons. The van der Waals surface area contributed by atoms with E-state index in [0.29, 0.717) is 35.7 Å². The molecule has 3 atom stereocenters. The molecule has 1 aliphatic carbocycles. The predicted molar refractivity (Wildman–Crippen MR) is 215 cm³/mol. The summed E-state index contributed by atoms with van der Waals surface area (Å²) in [7, 11) is 0. The Morgan fingerprint density at radius 2 is 1.74 bits per heavy atom. The van der Waals surface area contributed by atoms with E-state index in [9.17, 15) is 19.5 Å². The van der Waals surface area contributed by atoms with E-state index in [1.54, 1.807) is 20.0 Å². The molecule has 2 amide bonds. The van der Waals surface area contributed by atoms with Crippen molar-refractivity contribution in [1.82, 2.24) is 20.2 Å². The fourth-order valence-corrected chi connectivity index (χ4v) is 8.30. The number of amides is 2. The number of carboxylic acid groups (broad SMARTS) is 1. The molecule has 0 unspecified atom stereocenters. The molecule has 3 aliphatic rings. The zero-order valence-corrected chi connectivity index (χ0v) is 33.2. The quantitative estimate of drug-likeness (QED) is 0.138. The highest BCUT2D eigenvalue weighted by Crippen LogP contribution is 2.41. The molecule has 1 fully saturated rings. The summed E-state index contributed by atoms with van der Waals surface area (Å²) in [6.07, 6.45) is 6.49. The molecule has 0 bridgehead atoms. The van der Waals surface area contributed by atoms with Crippen LogP contribution in [0.2, 0.25) is 0 Å².